The van der Waals surface area contributed by atoms with Gasteiger partial charge in [0.05, 0.1) is 0 Å². The third kappa shape index (κ3) is 5.48. The van der Waals surface area contributed by atoms with Gasteiger partial charge < -0.3 is 4.84 Å². The predicted octanol–water partition coefficient (Wildman–Crippen LogP) is 8.41. The van der Waals surface area contributed by atoms with Gasteiger partial charge >= 0.3 is 5.97 Å². The number of carbonyl (C=O) groups excluding carboxylic acids is 2. The summed E-state index contributed by atoms with van der Waals surface area (Å²) in [6.07, 6.45) is 13.2. The van der Waals surface area contributed by atoms with Crippen molar-refractivity contribution in [2.24, 2.45) is 11.1 Å². The van der Waals surface area contributed by atoms with Gasteiger partial charge in [-0.25, -0.2) is 4.79 Å². The van der Waals surface area contributed by atoms with Crippen LogP contribution in [-0.2, 0) is 15.0 Å². The van der Waals surface area contributed by atoms with Crippen molar-refractivity contribution in [3.8, 4) is 11.1 Å². The maximum Gasteiger partial charge on any atom is 0.331 e. The second-order valence-electron chi connectivity index (χ2n) is 10.8. The molecule has 0 aliphatic heterocycles. The second kappa shape index (κ2) is 12.0. The molecule has 2 aliphatic carbocycles. The van der Waals surface area contributed by atoms with E-state index in [9.17, 15) is 9.59 Å². The van der Waals surface area contributed by atoms with Gasteiger partial charge in [0.1, 0.15) is 5.71 Å². The fourth-order valence-corrected chi connectivity index (χ4v) is 6.34. The molecule has 1 saturated carbocycles. The SMILES string of the molecule is CCCCC1(CCCC)c2ccccc2-c2ccc(C(=O)/C(CC3CCCCC3)=N/OC(C)=O)cc21. The van der Waals surface area contributed by atoms with Crippen LogP contribution in [0.1, 0.15) is 119 Å². The molecule has 0 aromatic heterocycles. The fourth-order valence-electron chi connectivity index (χ4n) is 6.34. The summed E-state index contributed by atoms with van der Waals surface area (Å²) in [7, 11) is 0. The average molecular weight is 488 g/mol. The van der Waals surface area contributed by atoms with E-state index in [4.69, 9.17) is 4.84 Å². The molecule has 0 spiro atoms. The summed E-state index contributed by atoms with van der Waals surface area (Å²) in [4.78, 5) is 30.4. The summed E-state index contributed by atoms with van der Waals surface area (Å²) in [6.45, 7) is 5.82. The van der Waals surface area contributed by atoms with Crippen LogP contribution in [0.5, 0.6) is 0 Å². The first kappa shape index (κ1) is 26.3. The zero-order chi connectivity index (χ0) is 25.5. The molecule has 0 amide bonds. The van der Waals surface area contributed by atoms with Crippen LogP contribution in [0.3, 0.4) is 0 Å². The molecule has 0 bridgehead atoms. The van der Waals surface area contributed by atoms with Crippen LogP contribution in [0.25, 0.3) is 11.1 Å². The van der Waals surface area contributed by atoms with Crippen LogP contribution in [0.15, 0.2) is 47.6 Å². The third-order valence-corrected chi connectivity index (χ3v) is 8.20. The number of benzene rings is 2. The van der Waals surface area contributed by atoms with E-state index in [2.05, 4.69) is 55.4 Å². The molecule has 0 saturated heterocycles. The number of rotatable bonds is 11. The molecule has 0 N–H and O–H groups in total. The van der Waals surface area contributed by atoms with Crippen molar-refractivity contribution in [3.05, 3.63) is 59.2 Å². The Hall–Kier alpha value is -2.75. The zero-order valence-electron chi connectivity index (χ0n) is 22.3. The largest absolute Gasteiger partial charge is 0.331 e. The lowest BCUT2D eigenvalue weighted by Crippen LogP contribution is -2.26. The summed E-state index contributed by atoms with van der Waals surface area (Å²) in [6, 6.07) is 15.0. The van der Waals surface area contributed by atoms with Crippen molar-refractivity contribution < 1.29 is 14.4 Å². The summed E-state index contributed by atoms with van der Waals surface area (Å²) < 4.78 is 0. The van der Waals surface area contributed by atoms with Crippen molar-refractivity contribution >= 4 is 17.5 Å². The van der Waals surface area contributed by atoms with Crippen molar-refractivity contribution in [2.45, 2.75) is 103 Å². The first-order chi connectivity index (χ1) is 17.5. The number of unbranched alkanes of at least 4 members (excludes halogenated alkanes) is 2. The van der Waals surface area contributed by atoms with Crippen molar-refractivity contribution in [3.63, 3.8) is 0 Å². The molecule has 0 atom stereocenters. The van der Waals surface area contributed by atoms with Gasteiger partial charge in [-0.3, -0.25) is 4.79 Å². The number of hydrogen-bond acceptors (Lipinski definition) is 4. The van der Waals surface area contributed by atoms with E-state index >= 15 is 0 Å². The summed E-state index contributed by atoms with van der Waals surface area (Å²) in [5.74, 6) is -0.184. The second-order valence-corrected chi connectivity index (χ2v) is 10.8. The normalized spacial score (nSPS) is 16.9. The zero-order valence-corrected chi connectivity index (χ0v) is 22.3. The summed E-state index contributed by atoms with van der Waals surface area (Å²) in [5.41, 5.74) is 6.20. The molecule has 0 radical (unpaired) electrons. The van der Waals surface area contributed by atoms with Crippen LogP contribution >= 0.6 is 0 Å². The Morgan fingerprint density at radius 3 is 2.25 bits per heavy atom. The van der Waals surface area contributed by atoms with E-state index in [1.165, 1.54) is 48.4 Å². The molecule has 2 aromatic rings. The molecule has 192 valence electrons. The van der Waals surface area contributed by atoms with E-state index in [1.54, 1.807) is 0 Å². The topological polar surface area (TPSA) is 55.7 Å². The third-order valence-electron chi connectivity index (χ3n) is 8.20. The number of nitrogens with zero attached hydrogens (tertiary/aromatic N) is 1. The number of hydrogen-bond donors (Lipinski definition) is 0. The molecular formula is C32H41NO3. The molecule has 4 nitrogen and oxygen atoms in total. The van der Waals surface area contributed by atoms with E-state index in [-0.39, 0.29) is 11.2 Å². The molecule has 0 heterocycles. The highest BCUT2D eigenvalue weighted by Crippen LogP contribution is 2.54. The van der Waals surface area contributed by atoms with Crippen molar-refractivity contribution in [1.82, 2.24) is 0 Å². The lowest BCUT2D eigenvalue weighted by molar-refractivity contribution is -0.140. The highest BCUT2D eigenvalue weighted by Gasteiger charge is 2.42. The summed E-state index contributed by atoms with van der Waals surface area (Å²) in [5, 5.41) is 4.08. The van der Waals surface area contributed by atoms with E-state index in [0.717, 1.165) is 51.4 Å². The van der Waals surface area contributed by atoms with Crippen molar-refractivity contribution in [1.29, 1.82) is 0 Å². The number of Topliss-reactive ketones (excluding diaryl/α,β-unsaturated/α-hetero) is 1. The molecule has 4 heteroatoms. The highest BCUT2D eigenvalue weighted by atomic mass is 16.7. The van der Waals surface area contributed by atoms with Crippen LogP contribution < -0.4 is 0 Å². The first-order valence-electron chi connectivity index (χ1n) is 14.0. The van der Waals surface area contributed by atoms with Crippen LogP contribution in [0, 0.1) is 5.92 Å². The molecule has 4 rings (SSSR count). The molecule has 0 unspecified atom stereocenters. The van der Waals surface area contributed by atoms with E-state index in [0.29, 0.717) is 23.6 Å². The Bertz CT molecular complexity index is 1100. The fraction of sp³-hybridized carbons (Fsp3) is 0.531. The monoisotopic (exact) mass is 487 g/mol. The summed E-state index contributed by atoms with van der Waals surface area (Å²) >= 11 is 0. The van der Waals surface area contributed by atoms with Gasteiger partial charge in [0.25, 0.3) is 0 Å². The number of ketones is 1. The van der Waals surface area contributed by atoms with Gasteiger partial charge in [0.2, 0.25) is 5.78 Å². The Morgan fingerprint density at radius 1 is 0.917 bits per heavy atom. The van der Waals surface area contributed by atoms with Gasteiger partial charge in [0, 0.05) is 17.9 Å². The maximum absolute atomic E-state index is 13.8. The quantitative estimate of drug-likeness (QED) is 0.138. The van der Waals surface area contributed by atoms with Crippen LogP contribution in [0.4, 0.5) is 0 Å². The smallest absolute Gasteiger partial charge is 0.318 e. The van der Waals surface area contributed by atoms with Crippen molar-refractivity contribution in [2.75, 3.05) is 0 Å². The molecule has 2 aromatic carbocycles. The molecule has 2 aliphatic rings. The van der Waals surface area contributed by atoms with Gasteiger partial charge in [-0.05, 0) is 53.5 Å². The van der Waals surface area contributed by atoms with Gasteiger partial charge in [-0.1, -0.05) is 113 Å². The minimum absolute atomic E-state index is 0.0647. The minimum atomic E-state index is -0.494. The van der Waals surface area contributed by atoms with Gasteiger partial charge in [-0.2, -0.15) is 0 Å². The number of carbonyl (C=O) groups is 2. The Morgan fingerprint density at radius 2 is 1.58 bits per heavy atom. The average Bonchev–Trinajstić information content (AvgIpc) is 3.18. The highest BCUT2D eigenvalue weighted by molar-refractivity contribution is 6.46. The Labute approximate surface area is 216 Å². The van der Waals surface area contributed by atoms with Crippen LogP contribution in [0.2, 0.25) is 0 Å². The number of fused-ring (bicyclic) bond motifs is 3. The standard InChI is InChI=1S/C32H41NO3/c1-4-6-19-32(20-7-5-2)28-16-12-11-15-26(28)27-18-17-25(22-29(27)32)31(35)30(33-36-23(3)34)21-24-13-9-8-10-14-24/h11-12,15-18,22,24H,4-10,13-14,19-21H2,1-3H3/b33-30+. The predicted molar refractivity (Wildman–Crippen MR) is 146 cm³/mol. The molecule has 36 heavy (non-hydrogen) atoms. The van der Waals surface area contributed by atoms with E-state index < -0.39 is 5.97 Å². The molecule has 1 fully saturated rings. The minimum Gasteiger partial charge on any atom is -0.318 e. The Kier molecular flexibility index (Phi) is 8.77. The van der Waals surface area contributed by atoms with Gasteiger partial charge in [-0.15, -0.1) is 0 Å². The van der Waals surface area contributed by atoms with Crippen LogP contribution in [-0.4, -0.2) is 17.5 Å². The maximum atomic E-state index is 13.8. The Balaban J connectivity index is 1.74. The van der Waals surface area contributed by atoms with E-state index in [1.807, 2.05) is 6.07 Å². The van der Waals surface area contributed by atoms with Gasteiger partial charge in [0.15, 0.2) is 0 Å². The lowest BCUT2D eigenvalue weighted by atomic mass is 9.70. The number of oxime groups is 1. The molecular weight excluding hydrogens is 446 g/mol. The lowest BCUT2D eigenvalue weighted by Gasteiger charge is -2.33. The first-order valence-corrected chi connectivity index (χ1v) is 14.0.